The highest BCUT2D eigenvalue weighted by Gasteiger charge is 2.55. The molecular weight excluding hydrogens is 208 g/mol. The van der Waals surface area contributed by atoms with Crippen molar-refractivity contribution in [1.29, 1.82) is 0 Å². The SMILES string of the molecule is CCCCN(C(C)CC)C(C)(CN)C1(C)CC1. The first-order chi connectivity index (χ1) is 7.95. The predicted octanol–water partition coefficient (Wildman–Crippen LogP) is 3.40. The first kappa shape index (κ1) is 15.0. The Balaban J connectivity index is 2.85. The van der Waals surface area contributed by atoms with E-state index in [1.54, 1.807) is 0 Å². The van der Waals surface area contributed by atoms with Crippen LogP contribution in [0.25, 0.3) is 0 Å². The lowest BCUT2D eigenvalue weighted by Crippen LogP contribution is -2.60. The molecule has 0 spiro atoms. The van der Waals surface area contributed by atoms with Crippen LogP contribution in [0.5, 0.6) is 0 Å². The summed E-state index contributed by atoms with van der Waals surface area (Å²) < 4.78 is 0. The standard InChI is InChI=1S/C15H32N2/c1-6-8-11-17(13(3)7-2)15(5,12-16)14(4)9-10-14/h13H,6-12,16H2,1-5H3. The van der Waals surface area contributed by atoms with E-state index in [0.717, 1.165) is 6.54 Å². The number of hydrogen-bond donors (Lipinski definition) is 1. The van der Waals surface area contributed by atoms with Crippen molar-refractivity contribution >= 4 is 0 Å². The van der Waals surface area contributed by atoms with Gasteiger partial charge in [0.15, 0.2) is 0 Å². The van der Waals surface area contributed by atoms with Crippen LogP contribution < -0.4 is 5.73 Å². The van der Waals surface area contributed by atoms with Gasteiger partial charge < -0.3 is 5.73 Å². The summed E-state index contributed by atoms with van der Waals surface area (Å²) in [5.74, 6) is 0. The molecule has 0 amide bonds. The van der Waals surface area contributed by atoms with Crippen molar-refractivity contribution in [1.82, 2.24) is 4.90 Å². The van der Waals surface area contributed by atoms with E-state index in [9.17, 15) is 0 Å². The second kappa shape index (κ2) is 5.71. The summed E-state index contributed by atoms with van der Waals surface area (Å²) in [6, 6.07) is 0.646. The van der Waals surface area contributed by atoms with Gasteiger partial charge in [0.05, 0.1) is 0 Å². The normalized spacial score (nSPS) is 23.5. The molecule has 2 nitrogen and oxygen atoms in total. The fourth-order valence-corrected chi connectivity index (χ4v) is 2.94. The van der Waals surface area contributed by atoms with Crippen LogP contribution in [0.1, 0.15) is 66.7 Å². The molecule has 2 atom stereocenters. The van der Waals surface area contributed by atoms with Crippen LogP contribution >= 0.6 is 0 Å². The molecule has 2 heteroatoms. The van der Waals surface area contributed by atoms with Crippen LogP contribution in [0.15, 0.2) is 0 Å². The van der Waals surface area contributed by atoms with Gasteiger partial charge >= 0.3 is 0 Å². The van der Waals surface area contributed by atoms with Gasteiger partial charge in [-0.3, -0.25) is 4.90 Å². The van der Waals surface area contributed by atoms with Crippen molar-refractivity contribution in [2.75, 3.05) is 13.1 Å². The molecule has 0 bridgehead atoms. The van der Waals surface area contributed by atoms with Gasteiger partial charge in [-0.25, -0.2) is 0 Å². The molecule has 1 aliphatic carbocycles. The first-order valence-corrected chi connectivity index (χ1v) is 7.42. The van der Waals surface area contributed by atoms with E-state index in [1.165, 1.54) is 38.6 Å². The van der Waals surface area contributed by atoms with E-state index in [1.807, 2.05) is 0 Å². The monoisotopic (exact) mass is 240 g/mol. The Bertz CT molecular complexity index is 235. The van der Waals surface area contributed by atoms with Gasteiger partial charge in [0, 0.05) is 18.1 Å². The smallest absolute Gasteiger partial charge is 0.0359 e. The molecule has 0 aromatic rings. The molecule has 0 aromatic carbocycles. The number of hydrogen-bond acceptors (Lipinski definition) is 2. The first-order valence-electron chi connectivity index (χ1n) is 7.42. The second-order valence-corrected chi connectivity index (χ2v) is 6.34. The lowest BCUT2D eigenvalue weighted by Gasteiger charge is -2.48. The maximum absolute atomic E-state index is 6.16. The van der Waals surface area contributed by atoms with Crippen molar-refractivity contribution in [2.24, 2.45) is 11.1 Å². The molecule has 0 radical (unpaired) electrons. The van der Waals surface area contributed by atoms with Crippen LogP contribution in [0.3, 0.4) is 0 Å². The van der Waals surface area contributed by atoms with E-state index in [0.29, 0.717) is 11.5 Å². The molecule has 0 aromatic heterocycles. The fourth-order valence-electron chi connectivity index (χ4n) is 2.94. The summed E-state index contributed by atoms with van der Waals surface area (Å²) >= 11 is 0. The Morgan fingerprint density at radius 3 is 2.29 bits per heavy atom. The van der Waals surface area contributed by atoms with Crippen molar-refractivity contribution in [3.05, 3.63) is 0 Å². The van der Waals surface area contributed by atoms with Gasteiger partial charge in [-0.15, -0.1) is 0 Å². The number of nitrogens with zero attached hydrogens (tertiary/aromatic N) is 1. The summed E-state index contributed by atoms with van der Waals surface area (Å²) in [6.07, 6.45) is 6.47. The van der Waals surface area contributed by atoms with Gasteiger partial charge in [0.25, 0.3) is 0 Å². The Hall–Kier alpha value is -0.0800. The van der Waals surface area contributed by atoms with E-state index < -0.39 is 0 Å². The third kappa shape index (κ3) is 2.85. The topological polar surface area (TPSA) is 29.3 Å². The van der Waals surface area contributed by atoms with Crippen LogP contribution in [0, 0.1) is 5.41 Å². The highest BCUT2D eigenvalue weighted by molar-refractivity contribution is 5.10. The maximum Gasteiger partial charge on any atom is 0.0359 e. The summed E-state index contributed by atoms with van der Waals surface area (Å²) in [5, 5.41) is 0. The molecular formula is C15H32N2. The van der Waals surface area contributed by atoms with Crippen molar-refractivity contribution in [2.45, 2.75) is 78.3 Å². The van der Waals surface area contributed by atoms with Gasteiger partial charge in [-0.1, -0.05) is 27.2 Å². The largest absolute Gasteiger partial charge is 0.329 e. The predicted molar refractivity (Wildman–Crippen MR) is 76.2 cm³/mol. The van der Waals surface area contributed by atoms with Gasteiger partial charge in [-0.2, -0.15) is 0 Å². The second-order valence-electron chi connectivity index (χ2n) is 6.34. The average Bonchev–Trinajstić information content (AvgIpc) is 3.08. The van der Waals surface area contributed by atoms with Crippen LogP contribution in [0.2, 0.25) is 0 Å². The number of rotatable bonds is 8. The Kier molecular flexibility index (Phi) is 5.03. The Morgan fingerprint density at radius 2 is 1.94 bits per heavy atom. The molecule has 2 N–H and O–H groups in total. The molecule has 0 aliphatic heterocycles. The maximum atomic E-state index is 6.16. The minimum Gasteiger partial charge on any atom is -0.329 e. The molecule has 1 fully saturated rings. The molecule has 1 rings (SSSR count). The lowest BCUT2D eigenvalue weighted by molar-refractivity contribution is 0.0127. The minimum absolute atomic E-state index is 0.192. The van der Waals surface area contributed by atoms with E-state index in [-0.39, 0.29) is 5.54 Å². The Labute approximate surface area is 108 Å². The molecule has 0 heterocycles. The summed E-state index contributed by atoms with van der Waals surface area (Å²) in [4.78, 5) is 2.70. The number of nitrogens with two attached hydrogens (primary N) is 1. The van der Waals surface area contributed by atoms with Gasteiger partial charge in [0.2, 0.25) is 0 Å². The minimum atomic E-state index is 0.192. The quantitative estimate of drug-likeness (QED) is 0.704. The fraction of sp³-hybridized carbons (Fsp3) is 1.00. The summed E-state index contributed by atoms with van der Waals surface area (Å²) in [5.41, 5.74) is 6.81. The van der Waals surface area contributed by atoms with Crippen LogP contribution in [-0.2, 0) is 0 Å². The Morgan fingerprint density at radius 1 is 1.35 bits per heavy atom. The third-order valence-electron chi connectivity index (χ3n) is 5.21. The van der Waals surface area contributed by atoms with Crippen LogP contribution in [0.4, 0.5) is 0 Å². The van der Waals surface area contributed by atoms with Gasteiger partial charge in [0.1, 0.15) is 0 Å². The zero-order valence-corrected chi connectivity index (χ0v) is 12.6. The molecule has 17 heavy (non-hydrogen) atoms. The lowest BCUT2D eigenvalue weighted by atomic mass is 9.80. The zero-order chi connectivity index (χ0) is 13.1. The van der Waals surface area contributed by atoms with Crippen LogP contribution in [-0.4, -0.2) is 29.6 Å². The van der Waals surface area contributed by atoms with Crippen molar-refractivity contribution < 1.29 is 0 Å². The third-order valence-corrected chi connectivity index (χ3v) is 5.21. The highest BCUT2D eigenvalue weighted by Crippen LogP contribution is 2.56. The van der Waals surface area contributed by atoms with Crippen molar-refractivity contribution in [3.63, 3.8) is 0 Å². The molecule has 102 valence electrons. The molecule has 0 saturated heterocycles. The summed E-state index contributed by atoms with van der Waals surface area (Å²) in [7, 11) is 0. The highest BCUT2D eigenvalue weighted by atomic mass is 15.2. The summed E-state index contributed by atoms with van der Waals surface area (Å²) in [6.45, 7) is 13.7. The molecule has 1 aliphatic rings. The average molecular weight is 240 g/mol. The number of unbranched alkanes of at least 4 members (excludes halogenated alkanes) is 1. The molecule has 1 saturated carbocycles. The zero-order valence-electron chi connectivity index (χ0n) is 12.6. The van der Waals surface area contributed by atoms with Gasteiger partial charge in [-0.05, 0) is 51.5 Å². The van der Waals surface area contributed by atoms with E-state index >= 15 is 0 Å². The molecule has 2 unspecified atom stereocenters. The van der Waals surface area contributed by atoms with E-state index in [4.69, 9.17) is 5.73 Å². The van der Waals surface area contributed by atoms with Crippen molar-refractivity contribution in [3.8, 4) is 0 Å². The van der Waals surface area contributed by atoms with E-state index in [2.05, 4.69) is 39.5 Å².